The van der Waals surface area contributed by atoms with Gasteiger partial charge in [-0.25, -0.2) is 23.1 Å². The minimum atomic E-state index is -1.22. The van der Waals surface area contributed by atoms with E-state index in [4.69, 9.17) is 0 Å². The first-order chi connectivity index (χ1) is 9.02. The number of aromatic nitrogens is 2. The predicted molar refractivity (Wildman–Crippen MR) is 66.2 cm³/mol. The van der Waals surface area contributed by atoms with Crippen LogP contribution in [0.1, 0.15) is 12.5 Å². The van der Waals surface area contributed by atoms with Gasteiger partial charge in [0.1, 0.15) is 5.82 Å². The zero-order chi connectivity index (χ0) is 14.0. The van der Waals surface area contributed by atoms with Crippen molar-refractivity contribution in [1.82, 2.24) is 9.97 Å². The fraction of sp³-hybridized carbons (Fsp3) is 0.231. The molecule has 19 heavy (non-hydrogen) atoms. The smallest absolute Gasteiger partial charge is 0.223 e. The number of rotatable bonds is 3. The van der Waals surface area contributed by atoms with Crippen LogP contribution in [0, 0.1) is 24.4 Å². The van der Waals surface area contributed by atoms with Gasteiger partial charge >= 0.3 is 0 Å². The van der Waals surface area contributed by atoms with E-state index in [2.05, 4.69) is 15.3 Å². The molecule has 1 heterocycles. The average molecular weight is 267 g/mol. The predicted octanol–water partition coefficient (Wildman–Crippen LogP) is 3.30. The normalized spacial score (nSPS) is 10.6. The molecule has 0 fully saturated rings. The summed E-state index contributed by atoms with van der Waals surface area (Å²) in [4.78, 5) is 8.12. The molecule has 0 saturated heterocycles. The summed E-state index contributed by atoms with van der Waals surface area (Å²) in [5.74, 6) is -2.88. The van der Waals surface area contributed by atoms with E-state index in [9.17, 15) is 13.2 Å². The first kappa shape index (κ1) is 13.3. The van der Waals surface area contributed by atoms with Crippen molar-refractivity contribution in [1.29, 1.82) is 0 Å². The lowest BCUT2D eigenvalue weighted by Gasteiger charge is -2.09. The van der Waals surface area contributed by atoms with Gasteiger partial charge in [0.15, 0.2) is 11.6 Å². The molecule has 1 aromatic carbocycles. The van der Waals surface area contributed by atoms with Crippen LogP contribution in [0.2, 0.25) is 0 Å². The van der Waals surface area contributed by atoms with Crippen LogP contribution < -0.4 is 5.32 Å². The molecule has 0 radical (unpaired) electrons. The zero-order valence-electron chi connectivity index (χ0n) is 10.5. The third-order valence-corrected chi connectivity index (χ3v) is 2.57. The van der Waals surface area contributed by atoms with Crippen LogP contribution in [-0.2, 0) is 0 Å². The lowest BCUT2D eigenvalue weighted by molar-refractivity contribution is 0.496. The van der Waals surface area contributed by atoms with Crippen LogP contribution in [-0.4, -0.2) is 16.5 Å². The monoisotopic (exact) mass is 267 g/mol. The van der Waals surface area contributed by atoms with Crippen molar-refractivity contribution >= 4 is 5.95 Å². The molecule has 3 nitrogen and oxygen atoms in total. The highest BCUT2D eigenvalue weighted by Gasteiger charge is 2.15. The van der Waals surface area contributed by atoms with Crippen molar-refractivity contribution in [2.24, 2.45) is 0 Å². The molecule has 2 rings (SSSR count). The number of hydrogen-bond donors (Lipinski definition) is 1. The van der Waals surface area contributed by atoms with Crippen molar-refractivity contribution in [2.75, 3.05) is 11.9 Å². The van der Waals surface area contributed by atoms with Crippen LogP contribution in [0.15, 0.2) is 18.3 Å². The van der Waals surface area contributed by atoms with E-state index in [0.717, 1.165) is 6.07 Å². The number of benzene rings is 1. The van der Waals surface area contributed by atoms with E-state index in [1.807, 2.05) is 6.92 Å². The molecule has 1 aromatic heterocycles. The van der Waals surface area contributed by atoms with Crippen LogP contribution >= 0.6 is 0 Å². The van der Waals surface area contributed by atoms with E-state index in [-0.39, 0.29) is 11.3 Å². The van der Waals surface area contributed by atoms with Gasteiger partial charge in [-0.05, 0) is 25.5 Å². The zero-order valence-corrected chi connectivity index (χ0v) is 10.5. The van der Waals surface area contributed by atoms with Gasteiger partial charge in [0.05, 0.1) is 5.69 Å². The number of anilines is 1. The Balaban J connectivity index is 2.57. The van der Waals surface area contributed by atoms with Gasteiger partial charge in [-0.3, -0.25) is 0 Å². The molecule has 0 aliphatic rings. The van der Waals surface area contributed by atoms with Crippen molar-refractivity contribution in [2.45, 2.75) is 13.8 Å². The van der Waals surface area contributed by atoms with Gasteiger partial charge in [-0.15, -0.1) is 0 Å². The molecule has 0 atom stereocenters. The summed E-state index contributed by atoms with van der Waals surface area (Å²) in [7, 11) is 0. The summed E-state index contributed by atoms with van der Waals surface area (Å²) in [6, 6.07) is 1.31. The highest BCUT2D eigenvalue weighted by atomic mass is 19.2. The molecule has 0 spiro atoms. The number of halogens is 3. The molecular weight excluding hydrogens is 255 g/mol. The van der Waals surface area contributed by atoms with Crippen molar-refractivity contribution in [3.05, 3.63) is 41.3 Å². The molecule has 0 unspecified atom stereocenters. The Hall–Kier alpha value is -2.11. The molecule has 0 aliphatic heterocycles. The average Bonchev–Trinajstić information content (AvgIpc) is 2.37. The van der Waals surface area contributed by atoms with Crippen LogP contribution in [0.25, 0.3) is 11.3 Å². The third kappa shape index (κ3) is 2.67. The lowest BCUT2D eigenvalue weighted by Crippen LogP contribution is -2.04. The molecule has 0 saturated carbocycles. The molecule has 6 heteroatoms. The molecule has 0 aliphatic carbocycles. The van der Waals surface area contributed by atoms with Crippen LogP contribution in [0.5, 0.6) is 0 Å². The molecule has 100 valence electrons. The molecule has 2 aromatic rings. The van der Waals surface area contributed by atoms with Crippen molar-refractivity contribution in [3.63, 3.8) is 0 Å². The van der Waals surface area contributed by atoms with Crippen LogP contribution in [0.4, 0.5) is 19.1 Å². The van der Waals surface area contributed by atoms with Gasteiger partial charge < -0.3 is 5.32 Å². The topological polar surface area (TPSA) is 37.8 Å². The number of aryl methyl sites for hydroxylation is 1. The molecule has 0 amide bonds. The molecular formula is C13H12F3N3. The summed E-state index contributed by atoms with van der Waals surface area (Å²) < 4.78 is 39.9. The van der Waals surface area contributed by atoms with E-state index >= 15 is 0 Å². The third-order valence-electron chi connectivity index (χ3n) is 2.57. The van der Waals surface area contributed by atoms with Gasteiger partial charge in [-0.2, -0.15) is 0 Å². The minimum absolute atomic E-state index is 0.0852. The van der Waals surface area contributed by atoms with Crippen molar-refractivity contribution in [3.8, 4) is 11.3 Å². The summed E-state index contributed by atoms with van der Waals surface area (Å²) in [5, 5.41) is 2.88. The minimum Gasteiger partial charge on any atom is -0.354 e. The Morgan fingerprint density at radius 3 is 2.47 bits per heavy atom. The van der Waals surface area contributed by atoms with Crippen LogP contribution in [0.3, 0.4) is 0 Å². The Labute approximate surface area is 108 Å². The van der Waals surface area contributed by atoms with E-state index in [1.54, 1.807) is 6.92 Å². The fourth-order valence-corrected chi connectivity index (χ4v) is 1.66. The Kier molecular flexibility index (Phi) is 3.69. The van der Waals surface area contributed by atoms with E-state index in [0.29, 0.717) is 24.1 Å². The quantitative estimate of drug-likeness (QED) is 0.867. The second-order valence-electron chi connectivity index (χ2n) is 4.00. The maximum Gasteiger partial charge on any atom is 0.223 e. The second kappa shape index (κ2) is 5.26. The lowest BCUT2D eigenvalue weighted by atomic mass is 10.1. The van der Waals surface area contributed by atoms with Gasteiger partial charge in [0.2, 0.25) is 5.95 Å². The number of nitrogens with zero attached hydrogens (tertiary/aromatic N) is 2. The fourth-order valence-electron chi connectivity index (χ4n) is 1.66. The van der Waals surface area contributed by atoms with E-state index < -0.39 is 17.5 Å². The van der Waals surface area contributed by atoms with E-state index in [1.165, 1.54) is 6.20 Å². The summed E-state index contributed by atoms with van der Waals surface area (Å²) in [6.07, 6.45) is 1.50. The van der Waals surface area contributed by atoms with Gasteiger partial charge in [0, 0.05) is 24.4 Å². The number of nitrogens with one attached hydrogen (secondary N) is 1. The standard InChI is InChI=1S/C13H12F3N3/c1-3-17-13-18-6-7(2)12(19-13)8-4-10(15)11(16)5-9(8)14/h4-6H,3H2,1-2H3,(H,17,18,19). The molecule has 1 N–H and O–H groups in total. The maximum absolute atomic E-state index is 13.7. The van der Waals surface area contributed by atoms with Crippen molar-refractivity contribution < 1.29 is 13.2 Å². The Morgan fingerprint density at radius 1 is 1.11 bits per heavy atom. The maximum atomic E-state index is 13.7. The summed E-state index contributed by atoms with van der Waals surface area (Å²) >= 11 is 0. The van der Waals surface area contributed by atoms with Gasteiger partial charge in [0.25, 0.3) is 0 Å². The summed E-state index contributed by atoms with van der Waals surface area (Å²) in [5.41, 5.74) is 0.729. The van der Waals surface area contributed by atoms with Gasteiger partial charge in [-0.1, -0.05) is 0 Å². The highest BCUT2D eigenvalue weighted by Crippen LogP contribution is 2.26. The molecule has 0 bridgehead atoms. The number of hydrogen-bond acceptors (Lipinski definition) is 3. The largest absolute Gasteiger partial charge is 0.354 e. The Morgan fingerprint density at radius 2 is 1.79 bits per heavy atom. The summed E-state index contributed by atoms with van der Waals surface area (Å²) in [6.45, 7) is 4.13. The SMILES string of the molecule is CCNc1ncc(C)c(-c2cc(F)c(F)cc2F)n1. The first-order valence-electron chi connectivity index (χ1n) is 5.75. The Bertz CT molecular complexity index is 614. The second-order valence-corrected chi connectivity index (χ2v) is 4.00. The highest BCUT2D eigenvalue weighted by molar-refractivity contribution is 5.64. The first-order valence-corrected chi connectivity index (χ1v) is 5.75.